The molecule has 0 spiro atoms. The summed E-state index contributed by atoms with van der Waals surface area (Å²) < 4.78 is 9.63. The number of fused-ring (bicyclic) bond motifs is 3. The van der Waals surface area contributed by atoms with E-state index < -0.39 is 0 Å². The molecule has 1 saturated carbocycles. The first-order valence-corrected chi connectivity index (χ1v) is 13.2. The van der Waals surface area contributed by atoms with Crippen LogP contribution < -0.4 is 15.7 Å². The summed E-state index contributed by atoms with van der Waals surface area (Å²) in [4.78, 5) is 23.3. The average Bonchev–Trinajstić information content (AvgIpc) is 3.66. The molecule has 0 aromatic heterocycles. The molecular weight excluding hydrogens is 486 g/mol. The van der Waals surface area contributed by atoms with Gasteiger partial charge in [0.1, 0.15) is 29.7 Å². The third-order valence-electron chi connectivity index (χ3n) is 7.44. The molecule has 37 heavy (non-hydrogen) atoms. The molecule has 4 aliphatic rings. The summed E-state index contributed by atoms with van der Waals surface area (Å²) in [6.07, 6.45) is 6.46. The van der Waals surface area contributed by atoms with Gasteiger partial charge >= 0.3 is 5.69 Å². The number of anilines is 1. The van der Waals surface area contributed by atoms with Crippen LogP contribution >= 0.6 is 12.4 Å². The minimum absolute atomic E-state index is 0. The standard InChI is InChI=1S/C29H33N5O2.ClH/c1-2-16-33-28-25(31-26(32-28)22-10-6-7-11-22)27-30-23(18-34(27)29(33)35)17-20-12-14-24(15-13-20)36-19-21-8-4-3-5-9-21;/h3-5,8-9,12-15,22-23,30H,2,6-7,10-11,16-19H2,1H3;1H/t23-;/m0./s1. The smallest absolute Gasteiger partial charge is 0.331 e. The van der Waals surface area contributed by atoms with Crippen LogP contribution in [0, 0.1) is 0 Å². The monoisotopic (exact) mass is 519 g/mol. The van der Waals surface area contributed by atoms with E-state index in [2.05, 4.69) is 36.5 Å². The molecular formula is C29H34ClN5O2. The number of hydrogen-bond donors (Lipinski definition) is 1. The Kier molecular flexibility index (Phi) is 7.51. The first-order chi connectivity index (χ1) is 17.7. The van der Waals surface area contributed by atoms with Crippen LogP contribution in [0.25, 0.3) is 11.5 Å². The van der Waals surface area contributed by atoms with Gasteiger partial charge in [-0.25, -0.2) is 14.8 Å². The van der Waals surface area contributed by atoms with E-state index in [9.17, 15) is 4.79 Å². The van der Waals surface area contributed by atoms with E-state index in [4.69, 9.17) is 14.7 Å². The topological polar surface area (TPSA) is 74.0 Å². The summed E-state index contributed by atoms with van der Waals surface area (Å²) in [5, 5.41) is 3.62. The zero-order valence-corrected chi connectivity index (χ0v) is 22.0. The number of benzene rings is 2. The van der Waals surface area contributed by atoms with Gasteiger partial charge in [-0.2, -0.15) is 0 Å². The summed E-state index contributed by atoms with van der Waals surface area (Å²) in [5.41, 5.74) is 3.21. The van der Waals surface area contributed by atoms with Crippen molar-refractivity contribution in [2.45, 2.75) is 77.1 Å². The molecule has 1 aliphatic carbocycles. The molecule has 194 valence electrons. The van der Waals surface area contributed by atoms with Crippen LogP contribution in [0.15, 0.2) is 59.4 Å². The van der Waals surface area contributed by atoms with Gasteiger partial charge in [-0.3, -0.25) is 9.13 Å². The summed E-state index contributed by atoms with van der Waals surface area (Å²) in [6.45, 7) is 3.94. The number of nitrogens with zero attached hydrogens (tertiary/aromatic N) is 4. The normalized spacial score (nSPS) is 16.9. The molecule has 3 heterocycles. The fraction of sp³-hybridized carbons (Fsp3) is 0.414. The Morgan fingerprint density at radius 2 is 1.76 bits per heavy atom. The molecule has 8 heteroatoms. The van der Waals surface area contributed by atoms with Gasteiger partial charge in [-0.1, -0.05) is 62.2 Å². The van der Waals surface area contributed by atoms with Crippen LogP contribution in [0.4, 0.5) is 5.82 Å². The van der Waals surface area contributed by atoms with Crippen molar-refractivity contribution in [1.82, 2.24) is 19.1 Å². The summed E-state index contributed by atoms with van der Waals surface area (Å²) >= 11 is 0. The molecule has 0 saturated heterocycles. The highest BCUT2D eigenvalue weighted by atomic mass is 35.5. The summed E-state index contributed by atoms with van der Waals surface area (Å²) in [5.74, 6) is 3.76. The fourth-order valence-corrected chi connectivity index (χ4v) is 5.59. The molecule has 1 fully saturated rings. The Morgan fingerprint density at radius 1 is 1.00 bits per heavy atom. The molecule has 1 atom stereocenters. The largest absolute Gasteiger partial charge is 0.489 e. The van der Waals surface area contributed by atoms with E-state index in [0.717, 1.165) is 60.2 Å². The van der Waals surface area contributed by atoms with Crippen molar-refractivity contribution < 1.29 is 4.74 Å². The van der Waals surface area contributed by atoms with Gasteiger partial charge in [0.15, 0.2) is 5.82 Å². The van der Waals surface area contributed by atoms with Gasteiger partial charge in [0.05, 0.1) is 0 Å². The zero-order valence-electron chi connectivity index (χ0n) is 21.2. The van der Waals surface area contributed by atoms with Crippen LogP contribution in [-0.2, 0) is 26.1 Å². The van der Waals surface area contributed by atoms with Gasteiger partial charge in [-0.05, 0) is 48.9 Å². The highest BCUT2D eigenvalue weighted by molar-refractivity contribution is 5.85. The fourth-order valence-electron chi connectivity index (χ4n) is 5.59. The number of nitrogens with one attached hydrogen (secondary N) is 1. The van der Waals surface area contributed by atoms with Crippen molar-refractivity contribution in [3.8, 4) is 17.3 Å². The lowest BCUT2D eigenvalue weighted by Gasteiger charge is -2.13. The lowest BCUT2D eigenvalue weighted by Crippen LogP contribution is -2.32. The number of ether oxygens (including phenoxy) is 1. The zero-order chi connectivity index (χ0) is 24.5. The first kappa shape index (κ1) is 25.3. The molecule has 3 aliphatic heterocycles. The van der Waals surface area contributed by atoms with Crippen LogP contribution in [0.2, 0.25) is 0 Å². The second kappa shape index (κ2) is 11.0. The van der Waals surface area contributed by atoms with E-state index in [0.29, 0.717) is 25.6 Å². The first-order valence-electron chi connectivity index (χ1n) is 13.2. The molecule has 2 aromatic carbocycles. The Morgan fingerprint density at radius 3 is 2.49 bits per heavy atom. The lowest BCUT2D eigenvalue weighted by atomic mass is 10.1. The van der Waals surface area contributed by atoms with Crippen molar-refractivity contribution in [3.63, 3.8) is 0 Å². The van der Waals surface area contributed by atoms with Crippen molar-refractivity contribution in [2.24, 2.45) is 0 Å². The van der Waals surface area contributed by atoms with E-state index >= 15 is 0 Å². The molecule has 2 aromatic rings. The van der Waals surface area contributed by atoms with Gasteiger partial charge < -0.3 is 10.1 Å². The molecule has 0 amide bonds. The number of aromatic nitrogens is 4. The Balaban J connectivity index is 0.00000280. The predicted molar refractivity (Wildman–Crippen MR) is 148 cm³/mol. The number of rotatable bonds is 8. The number of hydrogen-bond acceptors (Lipinski definition) is 5. The van der Waals surface area contributed by atoms with E-state index in [1.54, 1.807) is 0 Å². The van der Waals surface area contributed by atoms with Gasteiger partial charge in [0, 0.05) is 25.0 Å². The highest BCUT2D eigenvalue weighted by Crippen LogP contribution is 2.37. The Hall–Kier alpha value is -3.32. The molecule has 7 nitrogen and oxygen atoms in total. The quantitative estimate of drug-likeness (QED) is 0.325. The molecule has 0 unspecified atom stereocenters. The van der Waals surface area contributed by atoms with Crippen molar-refractivity contribution in [3.05, 3.63) is 82.0 Å². The minimum Gasteiger partial charge on any atom is -0.489 e. The van der Waals surface area contributed by atoms with E-state index in [-0.39, 0.29) is 24.1 Å². The Bertz CT molecular complexity index is 1360. The lowest BCUT2D eigenvalue weighted by molar-refractivity contribution is 0.306. The van der Waals surface area contributed by atoms with E-state index in [1.807, 2.05) is 39.5 Å². The molecule has 1 N–H and O–H groups in total. The Labute approximate surface area is 223 Å². The maximum absolute atomic E-state index is 13.4. The van der Waals surface area contributed by atoms with Gasteiger partial charge in [0.2, 0.25) is 0 Å². The predicted octanol–water partition coefficient (Wildman–Crippen LogP) is 5.65. The number of imidazole rings is 1. The second-order valence-electron chi connectivity index (χ2n) is 10.1. The van der Waals surface area contributed by atoms with E-state index in [1.165, 1.54) is 18.4 Å². The minimum atomic E-state index is 0. The van der Waals surface area contributed by atoms with Gasteiger partial charge in [-0.15, -0.1) is 12.4 Å². The average molecular weight is 520 g/mol. The van der Waals surface area contributed by atoms with Gasteiger partial charge in [0.25, 0.3) is 0 Å². The summed E-state index contributed by atoms with van der Waals surface area (Å²) in [6, 6.07) is 18.6. The molecule has 0 bridgehead atoms. The number of halogens is 1. The highest BCUT2D eigenvalue weighted by Gasteiger charge is 2.33. The van der Waals surface area contributed by atoms with Crippen LogP contribution in [0.1, 0.15) is 61.9 Å². The van der Waals surface area contributed by atoms with Crippen LogP contribution in [-0.4, -0.2) is 25.1 Å². The SMILES string of the molecule is CCCn1c2nc(C3CCCC3)nc-2c2n(c1=O)C[C@H](Cc1ccc(OCc3ccccc3)cc1)N2.Cl. The maximum atomic E-state index is 13.4. The summed E-state index contributed by atoms with van der Waals surface area (Å²) in [7, 11) is 0. The molecule has 6 rings (SSSR count). The van der Waals surface area contributed by atoms with Crippen molar-refractivity contribution in [1.29, 1.82) is 0 Å². The van der Waals surface area contributed by atoms with Crippen molar-refractivity contribution in [2.75, 3.05) is 5.32 Å². The third kappa shape index (κ3) is 5.10. The second-order valence-corrected chi connectivity index (χ2v) is 10.1. The molecule has 0 radical (unpaired) electrons. The maximum Gasteiger partial charge on any atom is 0.331 e. The van der Waals surface area contributed by atoms with Crippen LogP contribution in [0.5, 0.6) is 5.75 Å². The van der Waals surface area contributed by atoms with Crippen molar-refractivity contribution >= 4 is 18.2 Å². The third-order valence-corrected chi connectivity index (χ3v) is 7.44. The van der Waals surface area contributed by atoms with Crippen LogP contribution in [0.3, 0.4) is 0 Å².